The van der Waals surface area contributed by atoms with Crippen LogP contribution in [0.25, 0.3) is 0 Å². The van der Waals surface area contributed by atoms with Gasteiger partial charge in [-0.3, -0.25) is 4.79 Å². The monoisotopic (exact) mass is 264 g/mol. The molecule has 0 saturated carbocycles. The lowest BCUT2D eigenvalue weighted by atomic mass is 9.96. The Morgan fingerprint density at radius 3 is 2.47 bits per heavy atom. The predicted molar refractivity (Wildman–Crippen MR) is 63.9 cm³/mol. The van der Waals surface area contributed by atoms with E-state index in [2.05, 4.69) is 4.72 Å². The van der Waals surface area contributed by atoms with Crippen molar-refractivity contribution in [3.05, 3.63) is 0 Å². The minimum atomic E-state index is -3.38. The number of likely N-dealkylation sites (tertiary alicyclic amines) is 1. The zero-order valence-corrected chi connectivity index (χ0v) is 11.2. The van der Waals surface area contributed by atoms with E-state index < -0.39 is 21.7 Å². The number of sulfonamides is 1. The highest BCUT2D eigenvalue weighted by Gasteiger charge is 2.41. The summed E-state index contributed by atoms with van der Waals surface area (Å²) in [6.45, 7) is 5.43. The van der Waals surface area contributed by atoms with Crippen LogP contribution in [-0.2, 0) is 14.8 Å². The summed E-state index contributed by atoms with van der Waals surface area (Å²) < 4.78 is 25.3. The fraction of sp³-hybridized carbons (Fsp3) is 0.900. The summed E-state index contributed by atoms with van der Waals surface area (Å²) in [6.07, 6.45) is 0.509. The van der Waals surface area contributed by atoms with Gasteiger partial charge in [-0.1, -0.05) is 6.92 Å². The quantitative estimate of drug-likeness (QED) is 0.687. The Morgan fingerprint density at radius 2 is 2.06 bits per heavy atom. The average molecular weight is 264 g/mol. The summed E-state index contributed by atoms with van der Waals surface area (Å²) in [5.41, 5.74) is -0.836. The second-order valence-corrected chi connectivity index (χ2v) is 6.72. The van der Waals surface area contributed by atoms with E-state index in [1.54, 1.807) is 13.8 Å². The molecule has 0 aromatic carbocycles. The van der Waals surface area contributed by atoms with Crippen molar-refractivity contribution in [2.75, 3.05) is 18.8 Å². The number of hydrogen-bond donors (Lipinski definition) is 2. The maximum Gasteiger partial charge on any atom is 0.240 e. The van der Waals surface area contributed by atoms with E-state index in [9.17, 15) is 18.3 Å². The fourth-order valence-corrected chi connectivity index (χ4v) is 3.15. The van der Waals surface area contributed by atoms with Gasteiger partial charge in [0.05, 0.1) is 30.5 Å². The molecule has 1 atom stereocenters. The highest BCUT2D eigenvalue weighted by atomic mass is 32.2. The smallest absolute Gasteiger partial charge is 0.240 e. The van der Waals surface area contributed by atoms with E-state index >= 15 is 0 Å². The first-order valence-electron chi connectivity index (χ1n) is 5.68. The molecule has 1 amide bonds. The number of aliphatic hydroxyl groups is 1. The van der Waals surface area contributed by atoms with Crippen LogP contribution in [0.2, 0.25) is 0 Å². The number of rotatable bonds is 5. The molecule has 1 fully saturated rings. The first kappa shape index (κ1) is 14.4. The van der Waals surface area contributed by atoms with Gasteiger partial charge in [0.2, 0.25) is 15.9 Å². The van der Waals surface area contributed by atoms with Gasteiger partial charge in [-0.15, -0.1) is 0 Å². The normalized spacial score (nSPS) is 20.8. The van der Waals surface area contributed by atoms with Gasteiger partial charge < -0.3 is 10.0 Å². The number of nitrogens with zero attached hydrogens (tertiary/aromatic N) is 1. The molecule has 1 rings (SSSR count). The number of amides is 1. The average Bonchev–Trinajstić information content (AvgIpc) is 2.11. The highest BCUT2D eigenvalue weighted by Crippen LogP contribution is 2.20. The van der Waals surface area contributed by atoms with Gasteiger partial charge in [0.1, 0.15) is 0 Å². The molecule has 0 aromatic heterocycles. The van der Waals surface area contributed by atoms with Gasteiger partial charge in [-0.05, 0) is 20.3 Å². The predicted octanol–water partition coefficient (Wildman–Crippen LogP) is -0.702. The topological polar surface area (TPSA) is 86.7 Å². The van der Waals surface area contributed by atoms with E-state index in [0.29, 0.717) is 6.42 Å². The molecule has 1 saturated heterocycles. The van der Waals surface area contributed by atoms with Crippen molar-refractivity contribution in [1.82, 2.24) is 9.62 Å². The Kier molecular flexibility index (Phi) is 4.16. The van der Waals surface area contributed by atoms with Crippen molar-refractivity contribution in [1.29, 1.82) is 0 Å². The molecule has 1 aliphatic rings. The molecule has 17 heavy (non-hydrogen) atoms. The second kappa shape index (κ2) is 4.91. The Morgan fingerprint density at radius 1 is 1.53 bits per heavy atom. The van der Waals surface area contributed by atoms with E-state index in [1.165, 1.54) is 11.8 Å². The first-order valence-corrected chi connectivity index (χ1v) is 7.33. The lowest BCUT2D eigenvalue weighted by Gasteiger charge is -2.45. The lowest BCUT2D eigenvalue weighted by molar-refractivity contribution is -0.153. The zero-order chi connectivity index (χ0) is 13.3. The molecule has 1 aliphatic heterocycles. The molecule has 0 spiro atoms. The summed E-state index contributed by atoms with van der Waals surface area (Å²) in [6, 6.07) is -0.775. The SMILES string of the molecule is CCCS(=O)(=O)NC(C)C(=O)N1CC(C)(O)C1. The fourth-order valence-electron chi connectivity index (χ4n) is 1.85. The van der Waals surface area contributed by atoms with Crippen LogP contribution in [-0.4, -0.2) is 54.8 Å². The Hall–Kier alpha value is -0.660. The van der Waals surface area contributed by atoms with Gasteiger partial charge in [0, 0.05) is 0 Å². The maximum atomic E-state index is 11.8. The first-order chi connectivity index (χ1) is 7.67. The molecule has 6 nitrogen and oxygen atoms in total. The zero-order valence-electron chi connectivity index (χ0n) is 10.4. The summed E-state index contributed by atoms with van der Waals surface area (Å²) in [7, 11) is -3.38. The van der Waals surface area contributed by atoms with E-state index in [1.807, 2.05) is 0 Å². The molecule has 1 heterocycles. The third kappa shape index (κ3) is 3.93. The molecule has 0 aliphatic carbocycles. The van der Waals surface area contributed by atoms with Gasteiger partial charge in [-0.25, -0.2) is 13.1 Å². The standard InChI is InChI=1S/C10H20N2O4S/c1-4-5-17(15,16)11-8(2)9(13)12-6-10(3,14)7-12/h8,11,14H,4-7H2,1-3H3. The van der Waals surface area contributed by atoms with Crippen LogP contribution in [0.4, 0.5) is 0 Å². The number of β-amino-alcohol motifs (C(OH)–C–C–N with tert-alkyl or cyclic N) is 1. The molecule has 0 bridgehead atoms. The lowest BCUT2D eigenvalue weighted by Crippen LogP contribution is -2.64. The van der Waals surface area contributed by atoms with E-state index in [4.69, 9.17) is 0 Å². The molecule has 7 heteroatoms. The Balaban J connectivity index is 2.49. The van der Waals surface area contributed by atoms with Crippen molar-refractivity contribution in [2.24, 2.45) is 0 Å². The second-order valence-electron chi connectivity index (χ2n) is 4.85. The van der Waals surface area contributed by atoms with Crippen molar-refractivity contribution in [2.45, 2.75) is 38.8 Å². The largest absolute Gasteiger partial charge is 0.386 e. The molecular formula is C10H20N2O4S. The summed E-state index contributed by atoms with van der Waals surface area (Å²) in [5, 5.41) is 9.50. The van der Waals surface area contributed by atoms with E-state index in [-0.39, 0.29) is 24.7 Å². The number of carbonyl (C=O) groups is 1. The molecule has 0 radical (unpaired) electrons. The van der Waals surface area contributed by atoms with Crippen molar-refractivity contribution >= 4 is 15.9 Å². The highest BCUT2D eigenvalue weighted by molar-refractivity contribution is 7.89. The summed E-state index contributed by atoms with van der Waals surface area (Å²) in [4.78, 5) is 13.2. The van der Waals surface area contributed by atoms with Gasteiger partial charge in [0.15, 0.2) is 0 Å². The molecule has 2 N–H and O–H groups in total. The van der Waals surface area contributed by atoms with Crippen LogP contribution in [0.1, 0.15) is 27.2 Å². The van der Waals surface area contributed by atoms with Crippen molar-refractivity contribution in [3.8, 4) is 0 Å². The van der Waals surface area contributed by atoms with Crippen molar-refractivity contribution in [3.63, 3.8) is 0 Å². The van der Waals surface area contributed by atoms with Crippen LogP contribution in [0, 0.1) is 0 Å². The van der Waals surface area contributed by atoms with E-state index in [0.717, 1.165) is 0 Å². The summed E-state index contributed by atoms with van der Waals surface area (Å²) in [5.74, 6) is -0.279. The van der Waals surface area contributed by atoms with Crippen LogP contribution in [0.15, 0.2) is 0 Å². The number of nitrogens with one attached hydrogen (secondary N) is 1. The molecular weight excluding hydrogens is 244 g/mol. The van der Waals surface area contributed by atoms with Crippen LogP contribution < -0.4 is 4.72 Å². The maximum absolute atomic E-state index is 11.8. The Labute approximate surface area is 102 Å². The number of carbonyl (C=O) groups excluding carboxylic acids is 1. The number of hydrogen-bond acceptors (Lipinski definition) is 4. The third-order valence-electron chi connectivity index (χ3n) is 2.57. The minimum Gasteiger partial charge on any atom is -0.386 e. The van der Waals surface area contributed by atoms with Gasteiger partial charge in [0.25, 0.3) is 0 Å². The Bertz CT molecular complexity index is 383. The van der Waals surface area contributed by atoms with Crippen LogP contribution in [0.5, 0.6) is 0 Å². The van der Waals surface area contributed by atoms with Gasteiger partial charge in [-0.2, -0.15) is 0 Å². The molecule has 100 valence electrons. The van der Waals surface area contributed by atoms with Crippen LogP contribution in [0.3, 0.4) is 0 Å². The minimum absolute atomic E-state index is 0.0162. The van der Waals surface area contributed by atoms with Crippen molar-refractivity contribution < 1.29 is 18.3 Å². The summed E-state index contributed by atoms with van der Waals surface area (Å²) >= 11 is 0. The molecule has 0 aromatic rings. The third-order valence-corrected chi connectivity index (χ3v) is 4.23. The van der Waals surface area contributed by atoms with Gasteiger partial charge >= 0.3 is 0 Å². The van der Waals surface area contributed by atoms with Crippen LogP contribution >= 0.6 is 0 Å². The molecule has 1 unspecified atom stereocenters.